The van der Waals surface area contributed by atoms with Gasteiger partial charge in [0.15, 0.2) is 17.3 Å². The first-order chi connectivity index (χ1) is 18.8. The standard InChI is InChI=1S/C28H39N7O5/c1-27(2,3)31-24(37)15-20(17-40-23-14-10-9-13-22(23)36)35-25(32-33-34-35)21(30-26(38)28(4,5)29)18-39-16-19-11-7-6-8-12-19/h6-14,20-21,36H,15-18,29H2,1-5H3,(H,30,38)(H,31,37)/t20?,21-/m1/s1. The highest BCUT2D eigenvalue weighted by molar-refractivity contribution is 5.85. The van der Waals surface area contributed by atoms with Crippen LogP contribution < -0.4 is 21.1 Å². The van der Waals surface area contributed by atoms with Crippen LogP contribution in [0.1, 0.15) is 64.5 Å². The molecule has 12 heteroatoms. The lowest BCUT2D eigenvalue weighted by atomic mass is 10.1. The Labute approximate surface area is 234 Å². The second kappa shape index (κ2) is 13.4. The number of benzene rings is 2. The first kappa shape index (κ1) is 30.5. The molecular weight excluding hydrogens is 514 g/mol. The molecule has 0 radical (unpaired) electrons. The number of amides is 2. The lowest BCUT2D eigenvalue weighted by Crippen LogP contribution is -2.51. The number of aromatic nitrogens is 4. The van der Waals surface area contributed by atoms with Gasteiger partial charge in [0.2, 0.25) is 11.8 Å². The molecule has 1 unspecified atom stereocenters. The van der Waals surface area contributed by atoms with Gasteiger partial charge in [0.05, 0.1) is 31.2 Å². The average Bonchev–Trinajstić information content (AvgIpc) is 3.35. The minimum atomic E-state index is -1.17. The van der Waals surface area contributed by atoms with Crippen molar-refractivity contribution >= 4 is 11.8 Å². The van der Waals surface area contributed by atoms with Gasteiger partial charge >= 0.3 is 0 Å². The Hall–Kier alpha value is -4.03. The van der Waals surface area contributed by atoms with Gasteiger partial charge in [-0.3, -0.25) is 9.59 Å². The maximum atomic E-state index is 13.0. The van der Waals surface area contributed by atoms with Gasteiger partial charge in [0.1, 0.15) is 12.6 Å². The predicted octanol–water partition coefficient (Wildman–Crippen LogP) is 2.41. The lowest BCUT2D eigenvalue weighted by molar-refractivity contribution is -0.127. The zero-order chi connectivity index (χ0) is 29.3. The topological polar surface area (TPSA) is 167 Å². The van der Waals surface area contributed by atoms with Crippen LogP contribution in [0.2, 0.25) is 0 Å². The van der Waals surface area contributed by atoms with E-state index in [-0.39, 0.29) is 42.9 Å². The third-order valence-electron chi connectivity index (χ3n) is 5.69. The van der Waals surface area contributed by atoms with Crippen LogP contribution >= 0.6 is 0 Å². The monoisotopic (exact) mass is 553 g/mol. The molecule has 0 aliphatic carbocycles. The maximum Gasteiger partial charge on any atom is 0.240 e. The highest BCUT2D eigenvalue weighted by Crippen LogP contribution is 2.27. The number of ether oxygens (including phenoxy) is 2. The smallest absolute Gasteiger partial charge is 0.240 e. The van der Waals surface area contributed by atoms with Gasteiger partial charge in [-0.25, -0.2) is 4.68 Å². The SMILES string of the molecule is CC(C)(C)NC(=O)CC(COc1ccccc1O)n1nnnc1[C@@H](COCc1ccccc1)NC(=O)C(C)(C)N. The average molecular weight is 554 g/mol. The van der Waals surface area contributed by atoms with E-state index in [1.165, 1.54) is 10.7 Å². The molecule has 40 heavy (non-hydrogen) atoms. The molecule has 0 spiro atoms. The predicted molar refractivity (Wildman–Crippen MR) is 148 cm³/mol. The molecule has 0 aliphatic rings. The molecule has 1 heterocycles. The van der Waals surface area contributed by atoms with Crippen LogP contribution in [0.25, 0.3) is 0 Å². The van der Waals surface area contributed by atoms with Crippen molar-refractivity contribution in [2.45, 2.75) is 70.8 Å². The number of rotatable bonds is 13. The van der Waals surface area contributed by atoms with Crippen molar-refractivity contribution in [3.8, 4) is 11.5 Å². The number of carbonyl (C=O) groups excluding carboxylic acids is 2. The van der Waals surface area contributed by atoms with Crippen LogP contribution in [0.4, 0.5) is 0 Å². The molecule has 0 aliphatic heterocycles. The number of carbonyl (C=O) groups is 2. The number of nitrogens with one attached hydrogen (secondary N) is 2. The molecule has 1 aromatic heterocycles. The summed E-state index contributed by atoms with van der Waals surface area (Å²) in [4.78, 5) is 25.8. The van der Waals surface area contributed by atoms with E-state index in [1.54, 1.807) is 32.0 Å². The minimum Gasteiger partial charge on any atom is -0.504 e. The van der Waals surface area contributed by atoms with Crippen LogP contribution in [-0.2, 0) is 20.9 Å². The lowest BCUT2D eigenvalue weighted by Gasteiger charge is -2.26. The third-order valence-corrected chi connectivity index (χ3v) is 5.69. The summed E-state index contributed by atoms with van der Waals surface area (Å²) in [5.74, 6) is -0.201. The highest BCUT2D eigenvalue weighted by Gasteiger charge is 2.31. The first-order valence-electron chi connectivity index (χ1n) is 13.0. The number of phenolic OH excluding ortho intramolecular Hbond substituents is 1. The number of nitrogens with two attached hydrogens (primary N) is 1. The molecule has 0 fully saturated rings. The number of para-hydroxylation sites is 2. The highest BCUT2D eigenvalue weighted by atomic mass is 16.5. The van der Waals surface area contributed by atoms with Crippen LogP contribution in [0.15, 0.2) is 54.6 Å². The van der Waals surface area contributed by atoms with Crippen molar-refractivity contribution in [3.05, 3.63) is 66.0 Å². The zero-order valence-electron chi connectivity index (χ0n) is 23.6. The largest absolute Gasteiger partial charge is 0.504 e. The number of tetrazole rings is 1. The fourth-order valence-corrected chi connectivity index (χ4v) is 3.75. The van der Waals surface area contributed by atoms with Gasteiger partial charge in [-0.05, 0) is 62.7 Å². The summed E-state index contributed by atoms with van der Waals surface area (Å²) in [5, 5.41) is 28.2. The third kappa shape index (κ3) is 9.31. The van der Waals surface area contributed by atoms with Gasteiger partial charge < -0.3 is 30.9 Å². The molecule has 0 bridgehead atoms. The molecule has 2 amide bonds. The van der Waals surface area contributed by atoms with Crippen molar-refractivity contribution in [2.24, 2.45) is 5.73 Å². The summed E-state index contributed by atoms with van der Waals surface area (Å²) in [7, 11) is 0. The molecule has 12 nitrogen and oxygen atoms in total. The first-order valence-corrected chi connectivity index (χ1v) is 13.0. The molecular formula is C28H39N7O5. The summed E-state index contributed by atoms with van der Waals surface area (Å²) >= 11 is 0. The minimum absolute atomic E-state index is 0.0309. The molecule has 5 N–H and O–H groups in total. The summed E-state index contributed by atoms with van der Waals surface area (Å²) in [6, 6.07) is 14.6. The van der Waals surface area contributed by atoms with Crippen molar-refractivity contribution in [1.29, 1.82) is 0 Å². The van der Waals surface area contributed by atoms with E-state index >= 15 is 0 Å². The van der Waals surface area contributed by atoms with Crippen LogP contribution in [0.5, 0.6) is 11.5 Å². The second-order valence-electron chi connectivity index (χ2n) is 11.2. The Kier molecular flexibility index (Phi) is 10.2. The van der Waals surface area contributed by atoms with E-state index in [4.69, 9.17) is 15.2 Å². The van der Waals surface area contributed by atoms with Crippen LogP contribution in [0, 0.1) is 0 Å². The number of hydrogen-bond donors (Lipinski definition) is 4. The Bertz CT molecular complexity index is 1250. The van der Waals surface area contributed by atoms with Crippen molar-refractivity contribution < 1.29 is 24.2 Å². The second-order valence-corrected chi connectivity index (χ2v) is 11.2. The van der Waals surface area contributed by atoms with E-state index in [0.717, 1.165) is 5.56 Å². The Morgan fingerprint density at radius 1 is 1.02 bits per heavy atom. The summed E-state index contributed by atoms with van der Waals surface area (Å²) < 4.78 is 13.3. The molecule has 216 valence electrons. The molecule has 2 atom stereocenters. The van der Waals surface area contributed by atoms with Crippen molar-refractivity contribution in [2.75, 3.05) is 13.2 Å². The molecule has 0 saturated carbocycles. The van der Waals surface area contributed by atoms with Gasteiger partial charge in [-0.1, -0.05) is 42.5 Å². The fourth-order valence-electron chi connectivity index (χ4n) is 3.75. The quantitative estimate of drug-likeness (QED) is 0.248. The molecule has 3 aromatic rings. The summed E-state index contributed by atoms with van der Waals surface area (Å²) in [6.45, 7) is 9.12. The van der Waals surface area contributed by atoms with Crippen molar-refractivity contribution in [3.63, 3.8) is 0 Å². The zero-order valence-corrected chi connectivity index (χ0v) is 23.6. The Balaban J connectivity index is 1.89. The molecule has 0 saturated heterocycles. The van der Waals surface area contributed by atoms with E-state index in [2.05, 4.69) is 26.2 Å². The number of aromatic hydroxyl groups is 1. The van der Waals surface area contributed by atoms with E-state index in [1.807, 2.05) is 51.1 Å². The van der Waals surface area contributed by atoms with Crippen molar-refractivity contribution in [1.82, 2.24) is 30.8 Å². The van der Waals surface area contributed by atoms with Gasteiger partial charge in [-0.15, -0.1) is 5.10 Å². The number of phenols is 1. The van der Waals surface area contributed by atoms with Gasteiger partial charge in [-0.2, -0.15) is 0 Å². The molecule has 2 aromatic carbocycles. The van der Waals surface area contributed by atoms with E-state index in [9.17, 15) is 14.7 Å². The Morgan fingerprint density at radius 3 is 2.35 bits per heavy atom. The van der Waals surface area contributed by atoms with Gasteiger partial charge in [0, 0.05) is 5.54 Å². The van der Waals surface area contributed by atoms with Crippen LogP contribution in [-0.4, -0.2) is 61.4 Å². The summed E-state index contributed by atoms with van der Waals surface area (Å²) in [5.41, 5.74) is 5.37. The number of nitrogens with zero attached hydrogens (tertiary/aromatic N) is 4. The fraction of sp³-hybridized carbons (Fsp3) is 0.464. The molecule has 3 rings (SSSR count). The van der Waals surface area contributed by atoms with E-state index < -0.39 is 29.1 Å². The number of hydrogen-bond acceptors (Lipinski definition) is 9. The summed E-state index contributed by atoms with van der Waals surface area (Å²) in [6.07, 6.45) is -0.0309. The normalized spacial score (nSPS) is 13.3. The Morgan fingerprint density at radius 2 is 1.70 bits per heavy atom. The van der Waals surface area contributed by atoms with E-state index in [0.29, 0.717) is 6.61 Å². The van der Waals surface area contributed by atoms with Gasteiger partial charge in [0.25, 0.3) is 0 Å². The van der Waals surface area contributed by atoms with Crippen LogP contribution in [0.3, 0.4) is 0 Å². The maximum absolute atomic E-state index is 13.0.